The number of methoxy groups -OCH3 is 1. The molecule has 2 amide bonds. The van der Waals surface area contributed by atoms with Crippen molar-refractivity contribution in [2.45, 2.75) is 26.3 Å². The largest absolute Gasteiger partial charge is 0.467 e. The van der Waals surface area contributed by atoms with Crippen molar-refractivity contribution in [2.75, 3.05) is 39.8 Å². The Hall–Kier alpha value is -2.41. The molecule has 1 aliphatic rings. The van der Waals surface area contributed by atoms with Gasteiger partial charge in [-0.2, -0.15) is 0 Å². The van der Waals surface area contributed by atoms with Gasteiger partial charge in [-0.1, -0.05) is 38.5 Å². The van der Waals surface area contributed by atoms with Crippen LogP contribution in [-0.4, -0.2) is 68.6 Å². The normalized spacial score (nSPS) is 17.1. The van der Waals surface area contributed by atoms with Crippen LogP contribution in [-0.2, 0) is 14.3 Å². The summed E-state index contributed by atoms with van der Waals surface area (Å²) in [5, 5.41) is 2.81. The van der Waals surface area contributed by atoms with Crippen LogP contribution >= 0.6 is 0 Å². The van der Waals surface area contributed by atoms with Gasteiger partial charge in [0.25, 0.3) is 11.8 Å². The average molecular weight is 376 g/mol. The third-order valence-electron chi connectivity index (χ3n) is 5.17. The Kier molecular flexibility index (Phi) is 7.79. The summed E-state index contributed by atoms with van der Waals surface area (Å²) in [5.41, 5.74) is 0.688. The van der Waals surface area contributed by atoms with Crippen molar-refractivity contribution in [3.8, 4) is 0 Å². The molecule has 1 heterocycles. The molecule has 2 rings (SSSR count). The second-order valence-corrected chi connectivity index (χ2v) is 7.04. The lowest BCUT2D eigenvalue weighted by atomic mass is 9.99. The van der Waals surface area contributed by atoms with E-state index in [4.69, 9.17) is 4.74 Å². The minimum atomic E-state index is -0.618. The Labute approximate surface area is 160 Å². The molecule has 0 unspecified atom stereocenters. The first-order valence-corrected chi connectivity index (χ1v) is 9.51. The van der Waals surface area contributed by atoms with Gasteiger partial charge in [0.05, 0.1) is 33.3 Å². The molecule has 0 aromatic heterocycles. The molecule has 1 aromatic carbocycles. The first-order chi connectivity index (χ1) is 13.0. The van der Waals surface area contributed by atoms with Crippen molar-refractivity contribution in [1.82, 2.24) is 10.2 Å². The summed E-state index contributed by atoms with van der Waals surface area (Å²) in [6.45, 7) is 6.82. The molecule has 7 heteroatoms. The monoisotopic (exact) mass is 376 g/mol. The van der Waals surface area contributed by atoms with E-state index in [-0.39, 0.29) is 24.3 Å². The highest BCUT2D eigenvalue weighted by molar-refractivity contribution is 5.94. The number of ether oxygens (including phenoxy) is 1. The van der Waals surface area contributed by atoms with Gasteiger partial charge in [0, 0.05) is 5.56 Å². The van der Waals surface area contributed by atoms with Gasteiger partial charge in [-0.3, -0.25) is 9.59 Å². The number of piperazine rings is 1. The first-order valence-electron chi connectivity index (χ1n) is 9.51. The minimum absolute atomic E-state index is 0.0109. The Morgan fingerprint density at radius 1 is 1.19 bits per heavy atom. The number of esters is 1. The number of benzene rings is 1. The van der Waals surface area contributed by atoms with Gasteiger partial charge in [0.15, 0.2) is 6.54 Å². The van der Waals surface area contributed by atoms with Crippen LogP contribution < -0.4 is 10.2 Å². The topological polar surface area (TPSA) is 80.2 Å². The smallest absolute Gasteiger partial charge is 0.328 e. The van der Waals surface area contributed by atoms with Gasteiger partial charge in [-0.15, -0.1) is 0 Å². The number of rotatable bonds is 7. The molecule has 27 heavy (non-hydrogen) atoms. The third kappa shape index (κ3) is 5.79. The maximum atomic E-state index is 12.5. The van der Waals surface area contributed by atoms with Crippen molar-refractivity contribution in [3.63, 3.8) is 0 Å². The second-order valence-electron chi connectivity index (χ2n) is 7.04. The molecule has 7 nitrogen and oxygen atoms in total. The van der Waals surface area contributed by atoms with E-state index in [1.807, 2.05) is 49.1 Å². The fraction of sp³-hybridized carbons (Fsp3) is 0.550. The standard InChI is InChI=1S/C20H29N3O4/c1-4-15(2)18(20(26)27-3)21-17(24)14-22-10-12-23(13-11-22)19(25)16-8-6-5-7-9-16/h5-9,15,18H,4,10-14H2,1-3H3,(H,21,24)/p+1/t15-,18-/m0/s1. The number of amides is 2. The van der Waals surface area contributed by atoms with Crippen molar-refractivity contribution in [2.24, 2.45) is 5.92 Å². The van der Waals surface area contributed by atoms with Crippen LogP contribution in [0.4, 0.5) is 0 Å². The number of hydrogen-bond donors (Lipinski definition) is 2. The van der Waals surface area contributed by atoms with E-state index in [1.54, 1.807) is 0 Å². The van der Waals surface area contributed by atoms with E-state index in [9.17, 15) is 14.4 Å². The second kappa shape index (κ2) is 10.1. The number of hydrogen-bond acceptors (Lipinski definition) is 4. The highest BCUT2D eigenvalue weighted by Gasteiger charge is 2.30. The molecule has 0 bridgehead atoms. The van der Waals surface area contributed by atoms with Crippen LogP contribution in [0.15, 0.2) is 30.3 Å². The summed E-state index contributed by atoms with van der Waals surface area (Å²) in [4.78, 5) is 39.7. The number of carbonyl (C=O) groups is 3. The van der Waals surface area contributed by atoms with Crippen LogP contribution in [0, 0.1) is 5.92 Å². The van der Waals surface area contributed by atoms with Gasteiger partial charge in [-0.25, -0.2) is 4.79 Å². The van der Waals surface area contributed by atoms with Crippen molar-refractivity contribution >= 4 is 17.8 Å². The molecule has 0 radical (unpaired) electrons. The molecular formula is C20H30N3O4+. The quantitative estimate of drug-likeness (QED) is 0.642. The first kappa shape index (κ1) is 20.9. The summed E-state index contributed by atoms with van der Waals surface area (Å²) in [7, 11) is 1.33. The summed E-state index contributed by atoms with van der Waals surface area (Å²) >= 11 is 0. The molecule has 0 aliphatic carbocycles. The molecule has 2 N–H and O–H groups in total. The highest BCUT2D eigenvalue weighted by Crippen LogP contribution is 2.09. The zero-order valence-corrected chi connectivity index (χ0v) is 16.4. The Balaban J connectivity index is 1.83. The lowest BCUT2D eigenvalue weighted by Gasteiger charge is -2.32. The molecule has 2 atom stereocenters. The van der Waals surface area contributed by atoms with Gasteiger partial charge >= 0.3 is 5.97 Å². The predicted octanol–water partition coefficient (Wildman–Crippen LogP) is -0.269. The summed E-state index contributed by atoms with van der Waals surface area (Å²) in [5.74, 6) is -0.534. The molecule has 0 spiro atoms. The Bertz CT molecular complexity index is 642. The lowest BCUT2D eigenvalue weighted by molar-refractivity contribution is -0.896. The van der Waals surface area contributed by atoms with Crippen molar-refractivity contribution < 1.29 is 24.0 Å². The van der Waals surface area contributed by atoms with E-state index >= 15 is 0 Å². The van der Waals surface area contributed by atoms with E-state index in [0.29, 0.717) is 31.7 Å². The lowest BCUT2D eigenvalue weighted by Crippen LogP contribution is -3.16. The van der Waals surface area contributed by atoms with Crippen molar-refractivity contribution in [1.29, 1.82) is 0 Å². The van der Waals surface area contributed by atoms with Gasteiger partial charge in [-0.05, 0) is 18.1 Å². The van der Waals surface area contributed by atoms with Gasteiger partial charge in [0.2, 0.25) is 0 Å². The number of carbonyl (C=O) groups excluding carboxylic acids is 3. The van der Waals surface area contributed by atoms with Crippen LogP contribution in [0.2, 0.25) is 0 Å². The molecule has 1 saturated heterocycles. The summed E-state index contributed by atoms with van der Waals surface area (Å²) < 4.78 is 4.80. The fourth-order valence-electron chi connectivity index (χ4n) is 3.21. The fourth-order valence-corrected chi connectivity index (χ4v) is 3.21. The van der Waals surface area contributed by atoms with Crippen molar-refractivity contribution in [3.05, 3.63) is 35.9 Å². The zero-order valence-electron chi connectivity index (χ0n) is 16.4. The SMILES string of the molecule is CC[C@H](C)[C@H](NC(=O)C[NH+]1CCN(C(=O)c2ccccc2)CC1)C(=O)OC. The molecule has 1 fully saturated rings. The number of nitrogens with one attached hydrogen (secondary N) is 2. The Morgan fingerprint density at radius 2 is 1.81 bits per heavy atom. The minimum Gasteiger partial charge on any atom is -0.467 e. The summed E-state index contributed by atoms with van der Waals surface area (Å²) in [6, 6.07) is 8.61. The van der Waals surface area contributed by atoms with E-state index in [0.717, 1.165) is 11.3 Å². The maximum Gasteiger partial charge on any atom is 0.328 e. The van der Waals surface area contributed by atoms with E-state index < -0.39 is 12.0 Å². The number of nitrogens with zero attached hydrogens (tertiary/aromatic N) is 1. The van der Waals surface area contributed by atoms with E-state index in [1.165, 1.54) is 7.11 Å². The van der Waals surface area contributed by atoms with Crippen LogP contribution in [0.3, 0.4) is 0 Å². The predicted molar refractivity (Wildman–Crippen MR) is 101 cm³/mol. The average Bonchev–Trinajstić information content (AvgIpc) is 2.71. The number of quaternary nitrogens is 1. The zero-order chi connectivity index (χ0) is 19.8. The Morgan fingerprint density at radius 3 is 2.37 bits per heavy atom. The molecule has 1 aliphatic heterocycles. The third-order valence-corrected chi connectivity index (χ3v) is 5.17. The van der Waals surface area contributed by atoms with Gasteiger partial charge < -0.3 is 19.9 Å². The van der Waals surface area contributed by atoms with E-state index in [2.05, 4.69) is 5.32 Å². The molecular weight excluding hydrogens is 346 g/mol. The highest BCUT2D eigenvalue weighted by atomic mass is 16.5. The van der Waals surface area contributed by atoms with Gasteiger partial charge in [0.1, 0.15) is 6.04 Å². The van der Waals surface area contributed by atoms with Crippen LogP contribution in [0.1, 0.15) is 30.6 Å². The maximum absolute atomic E-state index is 12.5. The van der Waals surface area contributed by atoms with Crippen LogP contribution in [0.5, 0.6) is 0 Å². The van der Waals surface area contributed by atoms with Crippen LogP contribution in [0.25, 0.3) is 0 Å². The molecule has 148 valence electrons. The molecule has 0 saturated carbocycles. The molecule has 1 aromatic rings. The summed E-state index contributed by atoms with van der Waals surface area (Å²) in [6.07, 6.45) is 0.771.